The molecule has 0 fully saturated rings. The van der Waals surface area contributed by atoms with E-state index in [0.29, 0.717) is 0 Å². The standard InChI is InChI=1S/C22H30O4/c1-23-19-15-9-13-17(21(19)25-3)11-7-5-6-8-12-18-14-10-16-20(24-2)22(18)26-4/h9-10,13-16H,5-8,11-12H2,1-4H3. The Labute approximate surface area is 157 Å². The number of rotatable bonds is 11. The summed E-state index contributed by atoms with van der Waals surface area (Å²) in [5.41, 5.74) is 2.42. The second-order valence-electron chi connectivity index (χ2n) is 6.22. The van der Waals surface area contributed by atoms with Gasteiger partial charge in [-0.2, -0.15) is 0 Å². The quantitative estimate of drug-likeness (QED) is 0.526. The molecule has 0 aromatic heterocycles. The largest absolute Gasteiger partial charge is 0.493 e. The minimum Gasteiger partial charge on any atom is -0.493 e. The van der Waals surface area contributed by atoms with Crippen molar-refractivity contribution in [1.29, 1.82) is 0 Å². The molecule has 0 saturated heterocycles. The summed E-state index contributed by atoms with van der Waals surface area (Å²) in [5, 5.41) is 0. The Morgan fingerprint density at radius 1 is 0.538 bits per heavy atom. The number of unbranched alkanes of at least 4 members (excludes halogenated alkanes) is 3. The maximum absolute atomic E-state index is 5.50. The molecule has 0 amide bonds. The van der Waals surface area contributed by atoms with Crippen LogP contribution >= 0.6 is 0 Å². The van der Waals surface area contributed by atoms with E-state index >= 15 is 0 Å². The highest BCUT2D eigenvalue weighted by Gasteiger charge is 2.10. The lowest BCUT2D eigenvalue weighted by atomic mass is 10.0. The highest BCUT2D eigenvalue weighted by Crippen LogP contribution is 2.33. The molecule has 0 atom stereocenters. The summed E-state index contributed by atoms with van der Waals surface area (Å²) < 4.78 is 21.7. The summed E-state index contributed by atoms with van der Waals surface area (Å²) in [4.78, 5) is 0. The molecule has 0 saturated carbocycles. The molecule has 26 heavy (non-hydrogen) atoms. The average molecular weight is 358 g/mol. The van der Waals surface area contributed by atoms with Crippen LogP contribution in [0, 0.1) is 0 Å². The van der Waals surface area contributed by atoms with Gasteiger partial charge in [-0.1, -0.05) is 37.1 Å². The van der Waals surface area contributed by atoms with Gasteiger partial charge in [0.1, 0.15) is 0 Å². The van der Waals surface area contributed by atoms with E-state index < -0.39 is 0 Å². The van der Waals surface area contributed by atoms with Gasteiger partial charge in [-0.05, 0) is 48.9 Å². The molecule has 142 valence electrons. The summed E-state index contributed by atoms with van der Waals surface area (Å²) in [6.07, 6.45) is 6.66. The van der Waals surface area contributed by atoms with Crippen LogP contribution in [0.4, 0.5) is 0 Å². The average Bonchev–Trinajstić information content (AvgIpc) is 2.69. The second kappa shape index (κ2) is 10.6. The molecule has 0 unspecified atom stereocenters. The van der Waals surface area contributed by atoms with Crippen LogP contribution in [0.1, 0.15) is 36.8 Å². The zero-order chi connectivity index (χ0) is 18.8. The van der Waals surface area contributed by atoms with E-state index in [1.54, 1.807) is 28.4 Å². The first-order chi connectivity index (χ1) is 12.7. The zero-order valence-corrected chi connectivity index (χ0v) is 16.3. The second-order valence-corrected chi connectivity index (χ2v) is 6.22. The van der Waals surface area contributed by atoms with E-state index in [1.807, 2.05) is 24.3 Å². The number of methoxy groups -OCH3 is 4. The Kier molecular flexibility index (Phi) is 8.13. The van der Waals surface area contributed by atoms with Crippen LogP contribution in [0.2, 0.25) is 0 Å². The predicted octanol–water partition coefficient (Wildman–Crippen LogP) is 5.07. The number of hydrogen-bond acceptors (Lipinski definition) is 4. The van der Waals surface area contributed by atoms with Crippen molar-refractivity contribution in [2.45, 2.75) is 38.5 Å². The van der Waals surface area contributed by atoms with Crippen LogP contribution in [-0.2, 0) is 12.8 Å². The number of para-hydroxylation sites is 2. The first-order valence-corrected chi connectivity index (χ1v) is 9.14. The van der Waals surface area contributed by atoms with Crippen molar-refractivity contribution >= 4 is 0 Å². The zero-order valence-electron chi connectivity index (χ0n) is 16.3. The fourth-order valence-electron chi connectivity index (χ4n) is 3.29. The lowest BCUT2D eigenvalue weighted by molar-refractivity contribution is 0.351. The number of aryl methyl sites for hydroxylation is 2. The molecular weight excluding hydrogens is 328 g/mol. The van der Waals surface area contributed by atoms with Gasteiger partial charge >= 0.3 is 0 Å². The van der Waals surface area contributed by atoms with Gasteiger partial charge in [0.15, 0.2) is 23.0 Å². The molecule has 0 aliphatic rings. The topological polar surface area (TPSA) is 36.9 Å². The molecule has 0 spiro atoms. The summed E-state index contributed by atoms with van der Waals surface area (Å²) in [7, 11) is 6.74. The van der Waals surface area contributed by atoms with E-state index in [0.717, 1.165) is 48.7 Å². The van der Waals surface area contributed by atoms with Gasteiger partial charge in [0.05, 0.1) is 28.4 Å². The SMILES string of the molecule is COc1cccc(CCCCCCc2cccc(OC)c2OC)c1OC. The van der Waals surface area contributed by atoms with Gasteiger partial charge in [0.2, 0.25) is 0 Å². The van der Waals surface area contributed by atoms with E-state index in [4.69, 9.17) is 18.9 Å². The Morgan fingerprint density at radius 3 is 1.31 bits per heavy atom. The van der Waals surface area contributed by atoms with Crippen LogP contribution in [0.25, 0.3) is 0 Å². The van der Waals surface area contributed by atoms with Crippen LogP contribution in [-0.4, -0.2) is 28.4 Å². The summed E-state index contributed by atoms with van der Waals surface area (Å²) >= 11 is 0. The Morgan fingerprint density at radius 2 is 0.962 bits per heavy atom. The van der Waals surface area contributed by atoms with Crippen molar-refractivity contribution in [3.05, 3.63) is 47.5 Å². The molecule has 0 N–H and O–H groups in total. The van der Waals surface area contributed by atoms with Crippen molar-refractivity contribution in [2.24, 2.45) is 0 Å². The maximum atomic E-state index is 5.50. The van der Waals surface area contributed by atoms with Crippen molar-refractivity contribution in [1.82, 2.24) is 0 Å². The van der Waals surface area contributed by atoms with Crippen molar-refractivity contribution in [3.63, 3.8) is 0 Å². The predicted molar refractivity (Wildman–Crippen MR) is 105 cm³/mol. The molecule has 2 rings (SSSR count). The monoisotopic (exact) mass is 358 g/mol. The van der Waals surface area contributed by atoms with Gasteiger partial charge in [-0.3, -0.25) is 0 Å². The van der Waals surface area contributed by atoms with Crippen molar-refractivity contribution in [3.8, 4) is 23.0 Å². The summed E-state index contributed by atoms with van der Waals surface area (Å²) in [5.74, 6) is 3.32. The first-order valence-electron chi connectivity index (χ1n) is 9.14. The lowest BCUT2D eigenvalue weighted by Gasteiger charge is -2.13. The minimum absolute atomic E-state index is 0.801. The molecule has 0 aliphatic heterocycles. The van der Waals surface area contributed by atoms with Crippen LogP contribution in [0.15, 0.2) is 36.4 Å². The molecular formula is C22H30O4. The summed E-state index contributed by atoms with van der Waals surface area (Å²) in [6, 6.07) is 12.1. The van der Waals surface area contributed by atoms with E-state index in [2.05, 4.69) is 12.1 Å². The number of benzene rings is 2. The molecule has 4 heteroatoms. The van der Waals surface area contributed by atoms with Gasteiger partial charge in [-0.15, -0.1) is 0 Å². The number of ether oxygens (including phenoxy) is 4. The Bertz CT molecular complexity index is 622. The first kappa shape index (κ1) is 20.0. The Hall–Kier alpha value is -2.36. The fraction of sp³-hybridized carbons (Fsp3) is 0.455. The lowest BCUT2D eigenvalue weighted by Crippen LogP contribution is -1.97. The van der Waals surface area contributed by atoms with Crippen molar-refractivity contribution < 1.29 is 18.9 Å². The minimum atomic E-state index is 0.801. The molecule has 0 bridgehead atoms. The molecule has 0 heterocycles. The third-order valence-electron chi connectivity index (χ3n) is 4.61. The van der Waals surface area contributed by atoms with Crippen LogP contribution in [0.5, 0.6) is 23.0 Å². The van der Waals surface area contributed by atoms with Crippen molar-refractivity contribution in [2.75, 3.05) is 28.4 Å². The molecule has 0 radical (unpaired) electrons. The van der Waals surface area contributed by atoms with Gasteiger partial charge in [0.25, 0.3) is 0 Å². The van der Waals surface area contributed by atoms with E-state index in [-0.39, 0.29) is 0 Å². The molecule has 2 aromatic carbocycles. The van der Waals surface area contributed by atoms with Gasteiger partial charge < -0.3 is 18.9 Å². The highest BCUT2D eigenvalue weighted by molar-refractivity contribution is 5.47. The highest BCUT2D eigenvalue weighted by atomic mass is 16.5. The number of hydrogen-bond donors (Lipinski definition) is 0. The maximum Gasteiger partial charge on any atom is 0.163 e. The smallest absolute Gasteiger partial charge is 0.163 e. The van der Waals surface area contributed by atoms with E-state index in [1.165, 1.54) is 24.0 Å². The van der Waals surface area contributed by atoms with Crippen LogP contribution in [0.3, 0.4) is 0 Å². The van der Waals surface area contributed by atoms with Gasteiger partial charge in [-0.25, -0.2) is 0 Å². The molecule has 4 nitrogen and oxygen atoms in total. The Balaban J connectivity index is 1.79. The third-order valence-corrected chi connectivity index (χ3v) is 4.61. The molecule has 2 aromatic rings. The fourth-order valence-corrected chi connectivity index (χ4v) is 3.29. The van der Waals surface area contributed by atoms with E-state index in [9.17, 15) is 0 Å². The normalized spacial score (nSPS) is 10.5. The summed E-state index contributed by atoms with van der Waals surface area (Å²) in [6.45, 7) is 0. The van der Waals surface area contributed by atoms with Gasteiger partial charge in [0, 0.05) is 0 Å². The third kappa shape index (κ3) is 5.07. The van der Waals surface area contributed by atoms with Crippen LogP contribution < -0.4 is 18.9 Å². The molecule has 0 aliphatic carbocycles.